The van der Waals surface area contributed by atoms with Crippen LogP contribution in [0.4, 0.5) is 4.39 Å². The number of hydrogen-bond donors (Lipinski definition) is 1. The largest absolute Gasteiger partial charge is 0.310 e. The van der Waals surface area contributed by atoms with Crippen LogP contribution in [0.15, 0.2) is 30.5 Å². The van der Waals surface area contributed by atoms with E-state index in [1.54, 1.807) is 12.3 Å². The third kappa shape index (κ3) is 2.90. The van der Waals surface area contributed by atoms with Crippen molar-refractivity contribution in [2.24, 2.45) is 0 Å². The molecule has 1 N–H and O–H groups in total. The molecular formula is C16H20FN3. The van der Waals surface area contributed by atoms with E-state index in [1.165, 1.54) is 12.8 Å². The maximum Gasteiger partial charge on any atom is 0.127 e. The van der Waals surface area contributed by atoms with E-state index in [1.807, 2.05) is 22.9 Å². The normalized spacial score (nSPS) is 14.7. The van der Waals surface area contributed by atoms with E-state index in [2.05, 4.69) is 17.3 Å². The monoisotopic (exact) mass is 273 g/mol. The van der Waals surface area contributed by atoms with Gasteiger partial charge in [0.25, 0.3) is 0 Å². The van der Waals surface area contributed by atoms with Gasteiger partial charge in [-0.25, -0.2) is 4.39 Å². The van der Waals surface area contributed by atoms with E-state index in [0.717, 1.165) is 29.8 Å². The molecule has 3 nitrogen and oxygen atoms in total. The first-order valence-corrected chi connectivity index (χ1v) is 7.32. The van der Waals surface area contributed by atoms with Crippen LogP contribution in [0.2, 0.25) is 0 Å². The molecule has 0 amide bonds. The van der Waals surface area contributed by atoms with Gasteiger partial charge in [-0.05, 0) is 43.5 Å². The molecule has 1 saturated carbocycles. The van der Waals surface area contributed by atoms with E-state index in [-0.39, 0.29) is 5.82 Å². The van der Waals surface area contributed by atoms with Crippen LogP contribution in [0.3, 0.4) is 0 Å². The maximum absolute atomic E-state index is 13.9. The smallest absolute Gasteiger partial charge is 0.127 e. The minimum Gasteiger partial charge on any atom is -0.310 e. The van der Waals surface area contributed by atoms with Gasteiger partial charge in [-0.15, -0.1) is 0 Å². The molecule has 0 unspecified atom stereocenters. The molecule has 0 aliphatic heterocycles. The Labute approximate surface area is 118 Å². The molecule has 20 heavy (non-hydrogen) atoms. The van der Waals surface area contributed by atoms with Crippen molar-refractivity contribution >= 4 is 0 Å². The fourth-order valence-corrected chi connectivity index (χ4v) is 2.38. The average Bonchev–Trinajstić information content (AvgIpc) is 3.17. The molecule has 106 valence electrons. The lowest BCUT2D eigenvalue weighted by Gasteiger charge is -2.10. The van der Waals surface area contributed by atoms with Crippen molar-refractivity contribution in [3.05, 3.63) is 41.8 Å². The number of halogens is 1. The SMILES string of the molecule is CCCn1nccc1-c1ccc(F)c(CNC2CC2)c1. The average molecular weight is 273 g/mol. The van der Waals surface area contributed by atoms with E-state index in [0.29, 0.717) is 12.6 Å². The van der Waals surface area contributed by atoms with Crippen LogP contribution in [-0.4, -0.2) is 15.8 Å². The molecule has 3 rings (SSSR count). The summed E-state index contributed by atoms with van der Waals surface area (Å²) < 4.78 is 15.8. The number of aromatic nitrogens is 2. The number of benzene rings is 1. The first kappa shape index (κ1) is 13.3. The summed E-state index contributed by atoms with van der Waals surface area (Å²) >= 11 is 0. The second-order valence-electron chi connectivity index (χ2n) is 5.40. The van der Waals surface area contributed by atoms with Crippen molar-refractivity contribution in [3.63, 3.8) is 0 Å². The molecule has 1 aromatic heterocycles. The van der Waals surface area contributed by atoms with Gasteiger partial charge in [0.1, 0.15) is 5.82 Å². The van der Waals surface area contributed by atoms with Crippen LogP contribution >= 0.6 is 0 Å². The van der Waals surface area contributed by atoms with Crippen LogP contribution in [0, 0.1) is 5.82 Å². The highest BCUT2D eigenvalue weighted by molar-refractivity contribution is 5.60. The summed E-state index contributed by atoms with van der Waals surface area (Å²) in [6, 6.07) is 7.90. The first-order chi connectivity index (χ1) is 9.78. The highest BCUT2D eigenvalue weighted by Crippen LogP contribution is 2.24. The van der Waals surface area contributed by atoms with Gasteiger partial charge >= 0.3 is 0 Å². The van der Waals surface area contributed by atoms with Crippen LogP contribution in [0.25, 0.3) is 11.3 Å². The molecule has 1 heterocycles. The lowest BCUT2D eigenvalue weighted by Crippen LogP contribution is -2.16. The number of aryl methyl sites for hydroxylation is 1. The molecule has 0 spiro atoms. The Hall–Kier alpha value is -1.68. The Bertz CT molecular complexity index is 587. The Morgan fingerprint density at radius 3 is 2.95 bits per heavy atom. The van der Waals surface area contributed by atoms with Gasteiger partial charge in [0.05, 0.1) is 5.69 Å². The van der Waals surface area contributed by atoms with Crippen molar-refractivity contribution in [1.82, 2.24) is 15.1 Å². The quantitative estimate of drug-likeness (QED) is 0.874. The van der Waals surface area contributed by atoms with Crippen molar-refractivity contribution in [3.8, 4) is 11.3 Å². The molecule has 1 fully saturated rings. The summed E-state index contributed by atoms with van der Waals surface area (Å²) in [5, 5.41) is 7.69. The van der Waals surface area contributed by atoms with Gasteiger partial charge in [0.2, 0.25) is 0 Å². The number of nitrogens with zero attached hydrogens (tertiary/aromatic N) is 2. The zero-order chi connectivity index (χ0) is 13.9. The molecule has 0 atom stereocenters. The van der Waals surface area contributed by atoms with Crippen LogP contribution in [-0.2, 0) is 13.1 Å². The molecule has 1 aliphatic carbocycles. The van der Waals surface area contributed by atoms with E-state index >= 15 is 0 Å². The van der Waals surface area contributed by atoms with Crippen molar-refractivity contribution < 1.29 is 4.39 Å². The van der Waals surface area contributed by atoms with Gasteiger partial charge in [0.15, 0.2) is 0 Å². The second-order valence-corrected chi connectivity index (χ2v) is 5.40. The molecule has 0 radical (unpaired) electrons. The second kappa shape index (κ2) is 5.75. The minimum atomic E-state index is -0.136. The first-order valence-electron chi connectivity index (χ1n) is 7.32. The van der Waals surface area contributed by atoms with Crippen LogP contribution in [0.1, 0.15) is 31.7 Å². The van der Waals surface area contributed by atoms with Crippen LogP contribution in [0.5, 0.6) is 0 Å². The highest BCUT2D eigenvalue weighted by Gasteiger charge is 2.20. The summed E-state index contributed by atoms with van der Waals surface area (Å²) in [6.07, 6.45) is 5.26. The van der Waals surface area contributed by atoms with Gasteiger partial charge < -0.3 is 5.32 Å². The van der Waals surface area contributed by atoms with E-state index in [9.17, 15) is 4.39 Å². The molecular weight excluding hydrogens is 253 g/mol. The van der Waals surface area contributed by atoms with Gasteiger partial charge in [-0.3, -0.25) is 4.68 Å². The lowest BCUT2D eigenvalue weighted by molar-refractivity contribution is 0.586. The molecule has 0 saturated heterocycles. The third-order valence-corrected chi connectivity index (χ3v) is 3.65. The summed E-state index contributed by atoms with van der Waals surface area (Å²) in [7, 11) is 0. The van der Waals surface area contributed by atoms with E-state index in [4.69, 9.17) is 0 Å². The predicted molar refractivity (Wildman–Crippen MR) is 77.8 cm³/mol. The topological polar surface area (TPSA) is 29.9 Å². The summed E-state index contributed by atoms with van der Waals surface area (Å²) in [5.74, 6) is -0.136. The predicted octanol–water partition coefficient (Wildman–Crippen LogP) is 3.35. The van der Waals surface area contributed by atoms with Crippen LogP contribution < -0.4 is 5.32 Å². The van der Waals surface area contributed by atoms with Gasteiger partial charge in [0, 0.05) is 36.5 Å². The summed E-state index contributed by atoms with van der Waals surface area (Å²) in [4.78, 5) is 0. The van der Waals surface area contributed by atoms with Crippen molar-refractivity contribution in [2.45, 2.75) is 45.3 Å². The number of hydrogen-bond acceptors (Lipinski definition) is 2. The fraction of sp³-hybridized carbons (Fsp3) is 0.438. The number of rotatable bonds is 6. The molecule has 1 aliphatic rings. The maximum atomic E-state index is 13.9. The van der Waals surface area contributed by atoms with Crippen molar-refractivity contribution in [2.75, 3.05) is 0 Å². The molecule has 2 aromatic rings. The standard InChI is InChI=1S/C16H20FN3/c1-2-9-20-16(7-8-19-20)12-3-6-15(17)13(10-12)11-18-14-4-5-14/h3,6-8,10,14,18H,2,4-5,9,11H2,1H3. The lowest BCUT2D eigenvalue weighted by atomic mass is 10.1. The minimum absolute atomic E-state index is 0.136. The third-order valence-electron chi connectivity index (χ3n) is 3.65. The molecule has 0 bridgehead atoms. The van der Waals surface area contributed by atoms with Gasteiger partial charge in [-0.1, -0.05) is 6.92 Å². The Morgan fingerprint density at radius 1 is 1.35 bits per heavy atom. The Morgan fingerprint density at radius 2 is 2.20 bits per heavy atom. The fourth-order valence-electron chi connectivity index (χ4n) is 2.38. The summed E-state index contributed by atoms with van der Waals surface area (Å²) in [6.45, 7) is 3.61. The Balaban J connectivity index is 1.84. The zero-order valence-electron chi connectivity index (χ0n) is 11.8. The molecule has 1 aromatic carbocycles. The zero-order valence-corrected chi connectivity index (χ0v) is 11.8. The van der Waals surface area contributed by atoms with Crippen molar-refractivity contribution in [1.29, 1.82) is 0 Å². The van der Waals surface area contributed by atoms with Gasteiger partial charge in [-0.2, -0.15) is 5.10 Å². The number of nitrogens with one attached hydrogen (secondary N) is 1. The van der Waals surface area contributed by atoms with E-state index < -0.39 is 0 Å². The highest BCUT2D eigenvalue weighted by atomic mass is 19.1. The Kier molecular flexibility index (Phi) is 3.83. The molecule has 4 heteroatoms. The summed E-state index contributed by atoms with van der Waals surface area (Å²) in [5.41, 5.74) is 2.82.